The Labute approximate surface area is 178 Å². The van der Waals surface area contributed by atoms with E-state index >= 15 is 0 Å². The first-order chi connectivity index (χ1) is 14.6. The molecule has 0 aliphatic rings. The van der Waals surface area contributed by atoms with Crippen LogP contribution in [0.25, 0.3) is 22.6 Å². The van der Waals surface area contributed by atoms with Crippen molar-refractivity contribution >= 4 is 28.7 Å². The molecule has 0 spiro atoms. The number of aromatic nitrogens is 1. The van der Waals surface area contributed by atoms with Gasteiger partial charge in [-0.05, 0) is 47.5 Å². The summed E-state index contributed by atoms with van der Waals surface area (Å²) in [6, 6.07) is 20.6. The standard InChI is InChI=1S/C23H19ClN2O4/c24-17-9-8-16(19(11-17)23-26-20-6-1-2-7-21(20)30-23)13-25-12-15-4-3-5-18(10-15)29-14-22(27)28/h1-11,25H,12-14H2,(H,27,28). The first-order valence-electron chi connectivity index (χ1n) is 9.37. The van der Waals surface area contributed by atoms with Crippen molar-refractivity contribution in [2.24, 2.45) is 0 Å². The number of carboxylic acid groups (broad SMARTS) is 1. The van der Waals surface area contributed by atoms with Crippen LogP contribution in [0.1, 0.15) is 11.1 Å². The molecule has 2 N–H and O–H groups in total. The summed E-state index contributed by atoms with van der Waals surface area (Å²) in [6.07, 6.45) is 0. The maximum Gasteiger partial charge on any atom is 0.341 e. The van der Waals surface area contributed by atoms with Gasteiger partial charge in [0.05, 0.1) is 0 Å². The summed E-state index contributed by atoms with van der Waals surface area (Å²) in [5.74, 6) is 0.0444. The summed E-state index contributed by atoms with van der Waals surface area (Å²) in [6.45, 7) is 0.793. The third-order valence-electron chi connectivity index (χ3n) is 4.50. The third kappa shape index (κ3) is 4.79. The van der Waals surface area contributed by atoms with Gasteiger partial charge >= 0.3 is 5.97 Å². The number of aliphatic carboxylic acids is 1. The molecule has 0 amide bonds. The Morgan fingerprint density at radius 3 is 2.77 bits per heavy atom. The van der Waals surface area contributed by atoms with Gasteiger partial charge in [0.25, 0.3) is 0 Å². The van der Waals surface area contributed by atoms with Crippen LogP contribution in [0.3, 0.4) is 0 Å². The highest BCUT2D eigenvalue weighted by atomic mass is 35.5. The van der Waals surface area contributed by atoms with Crippen LogP contribution in [0.2, 0.25) is 5.02 Å². The molecule has 0 saturated carbocycles. The highest BCUT2D eigenvalue weighted by molar-refractivity contribution is 6.30. The van der Waals surface area contributed by atoms with Crippen LogP contribution in [0.4, 0.5) is 0 Å². The molecule has 0 unspecified atom stereocenters. The predicted octanol–water partition coefficient (Wildman–Crippen LogP) is 4.90. The van der Waals surface area contributed by atoms with Gasteiger partial charge in [0.1, 0.15) is 11.3 Å². The summed E-state index contributed by atoms with van der Waals surface area (Å²) >= 11 is 6.22. The van der Waals surface area contributed by atoms with Crippen molar-refractivity contribution < 1.29 is 19.1 Å². The molecular weight excluding hydrogens is 404 g/mol. The van der Waals surface area contributed by atoms with E-state index in [0.29, 0.717) is 29.8 Å². The van der Waals surface area contributed by atoms with Gasteiger partial charge in [-0.2, -0.15) is 0 Å². The van der Waals surface area contributed by atoms with Crippen molar-refractivity contribution in [3.63, 3.8) is 0 Å². The highest BCUT2D eigenvalue weighted by Gasteiger charge is 2.13. The number of rotatable bonds is 8. The minimum Gasteiger partial charge on any atom is -0.482 e. The molecule has 3 aromatic carbocycles. The van der Waals surface area contributed by atoms with Gasteiger partial charge in [-0.1, -0.05) is 41.9 Å². The fourth-order valence-corrected chi connectivity index (χ4v) is 3.29. The molecule has 1 heterocycles. The minimum atomic E-state index is -1.01. The van der Waals surface area contributed by atoms with Crippen molar-refractivity contribution in [1.82, 2.24) is 10.3 Å². The first-order valence-corrected chi connectivity index (χ1v) is 9.75. The molecule has 4 aromatic rings. The van der Waals surface area contributed by atoms with Gasteiger partial charge in [0.15, 0.2) is 12.2 Å². The summed E-state index contributed by atoms with van der Waals surface area (Å²) in [4.78, 5) is 15.2. The Bertz CT molecular complexity index is 1160. The molecule has 0 saturated heterocycles. The van der Waals surface area contributed by atoms with Crippen LogP contribution in [0.5, 0.6) is 5.75 Å². The van der Waals surface area contributed by atoms with Crippen LogP contribution in [-0.2, 0) is 17.9 Å². The van der Waals surface area contributed by atoms with Crippen molar-refractivity contribution in [2.75, 3.05) is 6.61 Å². The van der Waals surface area contributed by atoms with Gasteiger partial charge in [-0.15, -0.1) is 0 Å². The SMILES string of the molecule is O=C(O)COc1cccc(CNCc2ccc(Cl)cc2-c2nc3ccccc3o2)c1. The molecule has 0 aliphatic carbocycles. The van der Waals surface area contributed by atoms with E-state index in [-0.39, 0.29) is 6.61 Å². The van der Waals surface area contributed by atoms with Crippen LogP contribution < -0.4 is 10.1 Å². The van der Waals surface area contributed by atoms with Crippen molar-refractivity contribution in [1.29, 1.82) is 0 Å². The van der Waals surface area contributed by atoms with Crippen LogP contribution in [0, 0.1) is 0 Å². The molecule has 0 aliphatic heterocycles. The third-order valence-corrected chi connectivity index (χ3v) is 4.74. The number of ether oxygens (including phenoxy) is 1. The Hall–Kier alpha value is -3.35. The van der Waals surface area contributed by atoms with Crippen LogP contribution in [0.15, 0.2) is 71.1 Å². The normalized spacial score (nSPS) is 11.0. The topological polar surface area (TPSA) is 84.6 Å². The van der Waals surface area contributed by atoms with Gasteiger partial charge < -0.3 is 19.6 Å². The largest absolute Gasteiger partial charge is 0.482 e. The monoisotopic (exact) mass is 422 g/mol. The van der Waals surface area contributed by atoms with Gasteiger partial charge in [0, 0.05) is 23.7 Å². The number of carboxylic acids is 1. The summed E-state index contributed by atoms with van der Waals surface area (Å²) in [5.41, 5.74) is 4.35. The van der Waals surface area contributed by atoms with Gasteiger partial charge in [-0.3, -0.25) is 0 Å². The number of nitrogens with one attached hydrogen (secondary N) is 1. The van der Waals surface area contributed by atoms with E-state index in [1.807, 2.05) is 60.7 Å². The quantitative estimate of drug-likeness (QED) is 0.420. The number of hydrogen-bond acceptors (Lipinski definition) is 5. The number of oxazole rings is 1. The molecule has 6 nitrogen and oxygen atoms in total. The molecule has 7 heteroatoms. The van der Waals surface area contributed by atoms with E-state index in [4.69, 9.17) is 25.9 Å². The molecule has 4 rings (SSSR count). The molecular formula is C23H19ClN2O4. The van der Waals surface area contributed by atoms with E-state index in [1.54, 1.807) is 6.07 Å². The van der Waals surface area contributed by atoms with E-state index in [9.17, 15) is 4.79 Å². The molecule has 30 heavy (non-hydrogen) atoms. The Kier molecular flexibility index (Phi) is 5.97. The average molecular weight is 423 g/mol. The highest BCUT2D eigenvalue weighted by Crippen LogP contribution is 2.29. The molecule has 0 atom stereocenters. The summed E-state index contributed by atoms with van der Waals surface area (Å²) in [5, 5.41) is 12.7. The van der Waals surface area contributed by atoms with Crippen molar-refractivity contribution in [3.05, 3.63) is 82.9 Å². The van der Waals surface area contributed by atoms with E-state index in [1.165, 1.54) is 0 Å². The number of halogens is 1. The van der Waals surface area contributed by atoms with Gasteiger partial charge in [0.2, 0.25) is 5.89 Å². The Balaban J connectivity index is 1.48. The maximum atomic E-state index is 10.7. The van der Waals surface area contributed by atoms with E-state index in [0.717, 1.165) is 27.8 Å². The fraction of sp³-hybridized carbons (Fsp3) is 0.130. The van der Waals surface area contributed by atoms with Gasteiger partial charge in [-0.25, -0.2) is 9.78 Å². The fourth-order valence-electron chi connectivity index (χ4n) is 3.12. The smallest absolute Gasteiger partial charge is 0.341 e. The zero-order chi connectivity index (χ0) is 20.9. The molecule has 0 radical (unpaired) electrons. The Morgan fingerprint density at radius 1 is 1.07 bits per heavy atom. The molecule has 0 fully saturated rings. The second-order valence-electron chi connectivity index (χ2n) is 6.72. The summed E-state index contributed by atoms with van der Waals surface area (Å²) in [7, 11) is 0. The number of carbonyl (C=O) groups is 1. The lowest BCUT2D eigenvalue weighted by atomic mass is 10.1. The van der Waals surface area contributed by atoms with Crippen LogP contribution in [-0.4, -0.2) is 22.7 Å². The number of fused-ring (bicyclic) bond motifs is 1. The zero-order valence-corrected chi connectivity index (χ0v) is 16.7. The number of hydrogen-bond donors (Lipinski definition) is 2. The maximum absolute atomic E-state index is 10.7. The first kappa shape index (κ1) is 19.9. The lowest BCUT2D eigenvalue weighted by Gasteiger charge is -2.10. The van der Waals surface area contributed by atoms with E-state index in [2.05, 4.69) is 10.3 Å². The Morgan fingerprint density at radius 2 is 1.93 bits per heavy atom. The molecule has 152 valence electrons. The molecule has 0 bridgehead atoms. The lowest BCUT2D eigenvalue weighted by Crippen LogP contribution is -2.14. The summed E-state index contributed by atoms with van der Waals surface area (Å²) < 4.78 is 11.1. The lowest BCUT2D eigenvalue weighted by molar-refractivity contribution is -0.139. The van der Waals surface area contributed by atoms with Crippen LogP contribution >= 0.6 is 11.6 Å². The van der Waals surface area contributed by atoms with Crippen molar-refractivity contribution in [2.45, 2.75) is 13.1 Å². The zero-order valence-electron chi connectivity index (χ0n) is 16.0. The second kappa shape index (κ2) is 8.98. The number of benzene rings is 3. The van der Waals surface area contributed by atoms with Crippen molar-refractivity contribution in [3.8, 4) is 17.2 Å². The number of para-hydroxylation sites is 2. The van der Waals surface area contributed by atoms with E-state index < -0.39 is 5.97 Å². The molecule has 1 aromatic heterocycles. The number of nitrogens with zero attached hydrogens (tertiary/aromatic N) is 1. The second-order valence-corrected chi connectivity index (χ2v) is 7.16. The predicted molar refractivity (Wildman–Crippen MR) is 115 cm³/mol. The minimum absolute atomic E-state index is 0.366. The average Bonchev–Trinajstić information content (AvgIpc) is 3.18.